The second kappa shape index (κ2) is 1.26. The number of hydrogen-bond acceptors (Lipinski definition) is 1. The number of hydrogen-bond donors (Lipinski definition) is 2. The molecular formula is C7H8N2. The van der Waals surface area contributed by atoms with Crippen LogP contribution < -0.4 is 5.73 Å². The molecule has 0 bridgehead atoms. The molecule has 2 aliphatic rings. The highest BCUT2D eigenvalue weighted by atomic mass is 14.7. The van der Waals surface area contributed by atoms with Gasteiger partial charge in [0.05, 0.1) is 0 Å². The van der Waals surface area contributed by atoms with Gasteiger partial charge in [0.25, 0.3) is 0 Å². The van der Waals surface area contributed by atoms with Crippen LogP contribution in [0.2, 0.25) is 0 Å². The standard InChI is InChI=1S/C7H8N2/c8-7(9)6-2-4-1-5(4)3-6/h1-2,5H,3H2,(H3,8,9). The van der Waals surface area contributed by atoms with Crippen molar-refractivity contribution in [1.29, 1.82) is 5.41 Å². The van der Waals surface area contributed by atoms with Crippen molar-refractivity contribution in [1.82, 2.24) is 0 Å². The monoisotopic (exact) mass is 120 g/mol. The van der Waals surface area contributed by atoms with Crippen molar-refractivity contribution in [3.05, 3.63) is 23.3 Å². The Morgan fingerprint density at radius 1 is 1.78 bits per heavy atom. The van der Waals surface area contributed by atoms with E-state index in [-0.39, 0.29) is 5.84 Å². The van der Waals surface area contributed by atoms with Crippen LogP contribution >= 0.6 is 0 Å². The van der Waals surface area contributed by atoms with Gasteiger partial charge in [-0.05, 0) is 17.6 Å². The molecule has 3 N–H and O–H groups in total. The molecule has 0 amide bonds. The van der Waals surface area contributed by atoms with E-state index in [1.165, 1.54) is 5.57 Å². The van der Waals surface area contributed by atoms with Gasteiger partial charge >= 0.3 is 0 Å². The van der Waals surface area contributed by atoms with Crippen molar-refractivity contribution in [3.63, 3.8) is 0 Å². The summed E-state index contributed by atoms with van der Waals surface area (Å²) in [6, 6.07) is 0. The summed E-state index contributed by atoms with van der Waals surface area (Å²) in [4.78, 5) is 0. The smallest absolute Gasteiger partial charge is 0.118 e. The summed E-state index contributed by atoms with van der Waals surface area (Å²) in [5, 5.41) is 7.08. The number of amidine groups is 1. The van der Waals surface area contributed by atoms with Crippen LogP contribution in [0.25, 0.3) is 0 Å². The zero-order valence-corrected chi connectivity index (χ0v) is 5.02. The molecule has 2 heteroatoms. The first-order chi connectivity index (χ1) is 4.27. The van der Waals surface area contributed by atoms with Gasteiger partial charge in [0.2, 0.25) is 0 Å². The molecule has 0 aromatic rings. The molecule has 0 aliphatic heterocycles. The maximum absolute atomic E-state index is 7.08. The van der Waals surface area contributed by atoms with Gasteiger partial charge in [-0.1, -0.05) is 12.2 Å². The molecular weight excluding hydrogens is 112 g/mol. The van der Waals surface area contributed by atoms with Crippen LogP contribution in [0.3, 0.4) is 0 Å². The molecule has 0 aromatic heterocycles. The van der Waals surface area contributed by atoms with E-state index in [2.05, 4.69) is 6.08 Å². The lowest BCUT2D eigenvalue weighted by atomic mass is 10.2. The van der Waals surface area contributed by atoms with E-state index in [1.807, 2.05) is 6.08 Å². The van der Waals surface area contributed by atoms with Gasteiger partial charge in [-0.2, -0.15) is 0 Å². The van der Waals surface area contributed by atoms with Crippen molar-refractivity contribution < 1.29 is 0 Å². The van der Waals surface area contributed by atoms with Crippen LogP contribution in [-0.2, 0) is 0 Å². The lowest BCUT2D eigenvalue weighted by Crippen LogP contribution is -2.11. The fourth-order valence-corrected chi connectivity index (χ4v) is 1.20. The first kappa shape index (κ1) is 4.79. The van der Waals surface area contributed by atoms with Gasteiger partial charge in [0, 0.05) is 5.92 Å². The molecule has 1 unspecified atom stereocenters. The normalized spacial score (nSPS) is 28.7. The second-order valence-electron chi connectivity index (χ2n) is 2.56. The lowest BCUT2D eigenvalue weighted by Gasteiger charge is -1.95. The molecule has 2 rings (SSSR count). The van der Waals surface area contributed by atoms with Gasteiger partial charge in [-0.25, -0.2) is 0 Å². The maximum atomic E-state index is 7.08. The Bertz CT molecular complexity index is 235. The van der Waals surface area contributed by atoms with Crippen LogP contribution in [0, 0.1) is 11.3 Å². The highest BCUT2D eigenvalue weighted by molar-refractivity contribution is 5.96. The molecule has 2 nitrogen and oxygen atoms in total. The molecule has 0 saturated heterocycles. The highest BCUT2D eigenvalue weighted by Crippen LogP contribution is 2.42. The summed E-state index contributed by atoms with van der Waals surface area (Å²) in [5.74, 6) is 0.895. The van der Waals surface area contributed by atoms with Crippen LogP contribution in [0.4, 0.5) is 0 Å². The highest BCUT2D eigenvalue weighted by Gasteiger charge is 2.30. The molecule has 2 aliphatic carbocycles. The number of fused-ring (bicyclic) bond motifs is 1. The zero-order valence-electron chi connectivity index (χ0n) is 5.02. The summed E-state index contributed by atoms with van der Waals surface area (Å²) < 4.78 is 0. The predicted octanol–water partition coefficient (Wildman–Crippen LogP) is 0.809. The number of allylic oxidation sites excluding steroid dienone is 3. The first-order valence-corrected chi connectivity index (χ1v) is 3.04. The Kier molecular flexibility index (Phi) is 0.673. The molecule has 0 radical (unpaired) electrons. The summed E-state index contributed by atoms with van der Waals surface area (Å²) >= 11 is 0. The molecule has 0 saturated carbocycles. The minimum absolute atomic E-state index is 0.239. The fourth-order valence-electron chi connectivity index (χ4n) is 1.20. The van der Waals surface area contributed by atoms with E-state index in [4.69, 9.17) is 11.1 Å². The lowest BCUT2D eigenvalue weighted by molar-refractivity contribution is 0.932. The van der Waals surface area contributed by atoms with Crippen molar-refractivity contribution >= 4 is 5.84 Å². The van der Waals surface area contributed by atoms with E-state index in [0.29, 0.717) is 5.92 Å². The van der Waals surface area contributed by atoms with E-state index >= 15 is 0 Å². The van der Waals surface area contributed by atoms with Crippen molar-refractivity contribution in [2.75, 3.05) is 0 Å². The number of rotatable bonds is 1. The number of nitrogens with one attached hydrogen (secondary N) is 1. The van der Waals surface area contributed by atoms with Crippen LogP contribution in [0.1, 0.15) is 6.42 Å². The quantitative estimate of drug-likeness (QED) is 0.390. The maximum Gasteiger partial charge on any atom is 0.118 e. The summed E-state index contributed by atoms with van der Waals surface area (Å²) in [7, 11) is 0. The van der Waals surface area contributed by atoms with E-state index < -0.39 is 0 Å². The first-order valence-electron chi connectivity index (χ1n) is 3.04. The summed E-state index contributed by atoms with van der Waals surface area (Å²) in [6.45, 7) is 0. The van der Waals surface area contributed by atoms with Crippen LogP contribution in [0.5, 0.6) is 0 Å². The average Bonchev–Trinajstić information content (AvgIpc) is 2.40. The fraction of sp³-hybridized carbons (Fsp3) is 0.286. The molecule has 1 atom stereocenters. The SMILES string of the molecule is N=C(N)C1=CC2=CC2C1. The van der Waals surface area contributed by atoms with E-state index in [9.17, 15) is 0 Å². The third-order valence-electron chi connectivity index (χ3n) is 1.84. The summed E-state index contributed by atoms with van der Waals surface area (Å²) in [5.41, 5.74) is 7.66. The number of nitrogens with two attached hydrogens (primary N) is 1. The summed E-state index contributed by atoms with van der Waals surface area (Å²) in [6.07, 6.45) is 5.20. The minimum Gasteiger partial charge on any atom is -0.384 e. The predicted molar refractivity (Wildman–Crippen MR) is 36.2 cm³/mol. The molecule has 0 spiro atoms. The largest absolute Gasteiger partial charge is 0.384 e. The third kappa shape index (κ3) is 0.593. The van der Waals surface area contributed by atoms with Gasteiger partial charge < -0.3 is 5.73 Å². The minimum atomic E-state index is 0.239. The molecule has 0 fully saturated rings. The van der Waals surface area contributed by atoms with E-state index in [1.54, 1.807) is 0 Å². The van der Waals surface area contributed by atoms with Crippen molar-refractivity contribution in [3.8, 4) is 0 Å². The van der Waals surface area contributed by atoms with Gasteiger partial charge in [-0.15, -0.1) is 0 Å². The Balaban J connectivity index is 2.24. The Labute approximate surface area is 53.6 Å². The molecule has 9 heavy (non-hydrogen) atoms. The van der Waals surface area contributed by atoms with Crippen molar-refractivity contribution in [2.24, 2.45) is 11.7 Å². The Hall–Kier alpha value is -1.05. The zero-order chi connectivity index (χ0) is 6.43. The van der Waals surface area contributed by atoms with Gasteiger partial charge in [0.1, 0.15) is 5.84 Å². The molecule has 0 aromatic carbocycles. The third-order valence-corrected chi connectivity index (χ3v) is 1.84. The topological polar surface area (TPSA) is 49.9 Å². The van der Waals surface area contributed by atoms with Crippen LogP contribution in [-0.4, -0.2) is 5.84 Å². The second-order valence-corrected chi connectivity index (χ2v) is 2.56. The molecule has 46 valence electrons. The Morgan fingerprint density at radius 3 is 2.89 bits per heavy atom. The van der Waals surface area contributed by atoms with E-state index in [0.717, 1.165) is 12.0 Å². The van der Waals surface area contributed by atoms with Crippen LogP contribution in [0.15, 0.2) is 23.3 Å². The Morgan fingerprint density at radius 2 is 2.56 bits per heavy atom. The average molecular weight is 120 g/mol. The van der Waals surface area contributed by atoms with Crippen molar-refractivity contribution in [2.45, 2.75) is 6.42 Å². The van der Waals surface area contributed by atoms with Gasteiger partial charge in [-0.3, -0.25) is 5.41 Å². The van der Waals surface area contributed by atoms with Gasteiger partial charge in [0.15, 0.2) is 0 Å². The molecule has 0 heterocycles.